The molecule has 0 aromatic heterocycles. The molecular weight excluding hydrogens is 292 g/mol. The third kappa shape index (κ3) is 7.37. The maximum absolute atomic E-state index is 12.1. The molecule has 5 heteroatoms. The van der Waals surface area contributed by atoms with E-state index in [9.17, 15) is 9.90 Å². The summed E-state index contributed by atoms with van der Waals surface area (Å²) in [6.07, 6.45) is 0.154. The number of aryl methyl sites for hydroxylation is 1. The Labute approximate surface area is 139 Å². The van der Waals surface area contributed by atoms with Crippen LogP contribution in [0.4, 0.5) is 4.79 Å². The van der Waals surface area contributed by atoms with Crippen LogP contribution < -0.4 is 10.1 Å². The highest BCUT2D eigenvalue weighted by Crippen LogP contribution is 2.24. The van der Waals surface area contributed by atoms with E-state index in [4.69, 9.17) is 4.74 Å². The van der Waals surface area contributed by atoms with E-state index in [0.717, 1.165) is 16.9 Å². The zero-order valence-corrected chi connectivity index (χ0v) is 15.1. The molecule has 1 rings (SSSR count). The summed E-state index contributed by atoms with van der Waals surface area (Å²) in [6, 6.07) is 5.82. The van der Waals surface area contributed by atoms with Crippen molar-refractivity contribution in [1.82, 2.24) is 10.2 Å². The van der Waals surface area contributed by atoms with Gasteiger partial charge in [-0.1, -0.05) is 12.1 Å². The molecular formula is C18H30N2O3. The Bertz CT molecular complexity index is 521. The fourth-order valence-electron chi connectivity index (χ4n) is 2.02. The van der Waals surface area contributed by atoms with E-state index < -0.39 is 6.10 Å². The maximum atomic E-state index is 12.1. The lowest BCUT2D eigenvalue weighted by Gasteiger charge is -2.24. The molecule has 0 aliphatic rings. The molecule has 1 aromatic rings. The Hall–Kier alpha value is -1.75. The second-order valence-electron chi connectivity index (χ2n) is 7.04. The van der Waals surface area contributed by atoms with Crippen LogP contribution in [0.3, 0.4) is 0 Å². The molecule has 0 fully saturated rings. The first-order valence-electron chi connectivity index (χ1n) is 8.04. The first kappa shape index (κ1) is 19.3. The summed E-state index contributed by atoms with van der Waals surface area (Å²) < 4.78 is 5.99. The van der Waals surface area contributed by atoms with E-state index in [2.05, 4.69) is 5.32 Å². The molecule has 1 aromatic carbocycles. The standard InChI is InChI=1S/C18H30N2O3/c1-13-7-8-15(16(11-13)23-18(3,4)5)12-19-17(22)20(6)10-9-14(2)21/h7-8,11,14,21H,9-10,12H2,1-6H3,(H,19,22). The summed E-state index contributed by atoms with van der Waals surface area (Å²) in [5, 5.41) is 12.2. The van der Waals surface area contributed by atoms with E-state index in [-0.39, 0.29) is 11.6 Å². The second-order valence-corrected chi connectivity index (χ2v) is 7.04. The molecule has 23 heavy (non-hydrogen) atoms. The molecule has 130 valence electrons. The Kier molecular flexibility index (Phi) is 6.88. The van der Waals surface area contributed by atoms with Crippen LogP contribution in [-0.4, -0.2) is 41.3 Å². The van der Waals surface area contributed by atoms with Gasteiger partial charge in [-0.05, 0) is 52.7 Å². The highest BCUT2D eigenvalue weighted by atomic mass is 16.5. The number of ether oxygens (including phenoxy) is 1. The fraction of sp³-hybridized carbons (Fsp3) is 0.611. The molecule has 1 unspecified atom stereocenters. The van der Waals surface area contributed by atoms with E-state index in [1.807, 2.05) is 45.9 Å². The lowest BCUT2D eigenvalue weighted by atomic mass is 10.1. The third-order valence-corrected chi connectivity index (χ3v) is 3.30. The minimum atomic E-state index is -0.408. The van der Waals surface area contributed by atoms with E-state index in [1.165, 1.54) is 0 Å². The highest BCUT2D eigenvalue weighted by molar-refractivity contribution is 5.73. The van der Waals surface area contributed by atoms with Crippen LogP contribution in [0.15, 0.2) is 18.2 Å². The van der Waals surface area contributed by atoms with Gasteiger partial charge in [0.15, 0.2) is 0 Å². The molecule has 0 radical (unpaired) electrons. The molecule has 0 bridgehead atoms. The molecule has 0 aliphatic carbocycles. The van der Waals surface area contributed by atoms with E-state index >= 15 is 0 Å². The van der Waals surface area contributed by atoms with Gasteiger partial charge in [0.05, 0.1) is 6.10 Å². The van der Waals surface area contributed by atoms with Gasteiger partial charge in [0.1, 0.15) is 11.4 Å². The molecule has 2 amide bonds. The molecule has 0 saturated carbocycles. The predicted molar refractivity (Wildman–Crippen MR) is 92.7 cm³/mol. The first-order valence-corrected chi connectivity index (χ1v) is 8.04. The van der Waals surface area contributed by atoms with Crippen molar-refractivity contribution in [3.05, 3.63) is 29.3 Å². The van der Waals surface area contributed by atoms with Crippen LogP contribution in [0.2, 0.25) is 0 Å². The normalized spacial score (nSPS) is 12.7. The van der Waals surface area contributed by atoms with E-state index in [1.54, 1.807) is 18.9 Å². The lowest BCUT2D eigenvalue weighted by Crippen LogP contribution is -2.38. The monoisotopic (exact) mass is 322 g/mol. The van der Waals surface area contributed by atoms with Gasteiger partial charge in [0, 0.05) is 25.7 Å². The van der Waals surface area contributed by atoms with Gasteiger partial charge in [-0.2, -0.15) is 0 Å². The molecule has 5 nitrogen and oxygen atoms in total. The third-order valence-electron chi connectivity index (χ3n) is 3.30. The van der Waals surface area contributed by atoms with Gasteiger partial charge < -0.3 is 20.1 Å². The van der Waals surface area contributed by atoms with Crippen molar-refractivity contribution in [3.63, 3.8) is 0 Å². The smallest absolute Gasteiger partial charge is 0.317 e. The number of nitrogens with zero attached hydrogens (tertiary/aromatic N) is 1. The average Bonchev–Trinajstić information content (AvgIpc) is 2.41. The van der Waals surface area contributed by atoms with Crippen molar-refractivity contribution < 1.29 is 14.6 Å². The van der Waals surface area contributed by atoms with Crippen LogP contribution in [0.1, 0.15) is 45.2 Å². The summed E-state index contributed by atoms with van der Waals surface area (Å²) in [5.74, 6) is 0.796. The van der Waals surface area contributed by atoms with Gasteiger partial charge in [-0.15, -0.1) is 0 Å². The van der Waals surface area contributed by atoms with Crippen molar-refractivity contribution in [2.24, 2.45) is 0 Å². The molecule has 2 N–H and O–H groups in total. The number of hydrogen-bond donors (Lipinski definition) is 2. The zero-order valence-electron chi connectivity index (χ0n) is 15.1. The Morgan fingerprint density at radius 1 is 1.39 bits per heavy atom. The number of aliphatic hydroxyl groups excluding tert-OH is 1. The summed E-state index contributed by atoms with van der Waals surface area (Å²) in [4.78, 5) is 13.7. The van der Waals surface area contributed by atoms with Crippen LogP contribution in [0.25, 0.3) is 0 Å². The average molecular weight is 322 g/mol. The van der Waals surface area contributed by atoms with E-state index in [0.29, 0.717) is 19.5 Å². The van der Waals surface area contributed by atoms with Crippen LogP contribution in [0, 0.1) is 6.92 Å². The van der Waals surface area contributed by atoms with Gasteiger partial charge in [0.25, 0.3) is 0 Å². The maximum Gasteiger partial charge on any atom is 0.317 e. The number of aliphatic hydroxyl groups is 1. The van der Waals surface area contributed by atoms with Crippen molar-refractivity contribution in [2.75, 3.05) is 13.6 Å². The van der Waals surface area contributed by atoms with Gasteiger partial charge in [0.2, 0.25) is 0 Å². The number of hydrogen-bond acceptors (Lipinski definition) is 3. The Morgan fingerprint density at radius 2 is 2.04 bits per heavy atom. The SMILES string of the molecule is Cc1ccc(CNC(=O)N(C)CCC(C)O)c(OC(C)(C)C)c1. The highest BCUT2D eigenvalue weighted by Gasteiger charge is 2.16. The van der Waals surface area contributed by atoms with Crippen molar-refractivity contribution >= 4 is 6.03 Å². The van der Waals surface area contributed by atoms with Gasteiger partial charge in [-0.25, -0.2) is 4.79 Å². The lowest BCUT2D eigenvalue weighted by molar-refractivity contribution is 0.129. The topological polar surface area (TPSA) is 61.8 Å². The van der Waals surface area contributed by atoms with Crippen molar-refractivity contribution in [2.45, 2.75) is 59.3 Å². The number of rotatable bonds is 6. The van der Waals surface area contributed by atoms with Crippen molar-refractivity contribution in [1.29, 1.82) is 0 Å². The van der Waals surface area contributed by atoms with Crippen molar-refractivity contribution in [3.8, 4) is 5.75 Å². The molecule has 0 aliphatic heterocycles. The zero-order chi connectivity index (χ0) is 17.6. The first-order chi connectivity index (χ1) is 10.6. The minimum absolute atomic E-state index is 0.159. The summed E-state index contributed by atoms with van der Waals surface area (Å²) in [7, 11) is 1.72. The molecule has 0 spiro atoms. The van der Waals surface area contributed by atoms with Crippen LogP contribution in [-0.2, 0) is 6.54 Å². The number of urea groups is 1. The predicted octanol–water partition coefficient (Wildman–Crippen LogP) is 3.08. The Morgan fingerprint density at radius 3 is 2.61 bits per heavy atom. The van der Waals surface area contributed by atoms with Crippen LogP contribution >= 0.6 is 0 Å². The van der Waals surface area contributed by atoms with Gasteiger partial charge in [-0.3, -0.25) is 0 Å². The fourth-order valence-corrected chi connectivity index (χ4v) is 2.02. The Balaban J connectivity index is 2.68. The number of amides is 2. The number of carbonyl (C=O) groups excluding carboxylic acids is 1. The summed E-state index contributed by atoms with van der Waals surface area (Å²) >= 11 is 0. The van der Waals surface area contributed by atoms with Crippen LogP contribution in [0.5, 0.6) is 5.75 Å². The number of nitrogens with one attached hydrogen (secondary N) is 1. The summed E-state index contributed by atoms with van der Waals surface area (Å²) in [5.41, 5.74) is 1.77. The second kappa shape index (κ2) is 8.20. The number of benzene rings is 1. The minimum Gasteiger partial charge on any atom is -0.488 e. The largest absolute Gasteiger partial charge is 0.488 e. The molecule has 0 saturated heterocycles. The molecule has 0 heterocycles. The quantitative estimate of drug-likeness (QED) is 0.846. The van der Waals surface area contributed by atoms with Gasteiger partial charge >= 0.3 is 6.03 Å². The summed E-state index contributed by atoms with van der Waals surface area (Å²) in [6.45, 7) is 10.7. The number of carbonyl (C=O) groups is 1. The molecule has 1 atom stereocenters.